The molecule has 1 aliphatic rings. The van der Waals surface area contributed by atoms with Crippen LogP contribution in [0.4, 0.5) is 13.2 Å². The van der Waals surface area contributed by atoms with Crippen molar-refractivity contribution in [2.75, 3.05) is 20.2 Å². The molecule has 1 aromatic carbocycles. The Bertz CT molecular complexity index is 442. The fourth-order valence-electron chi connectivity index (χ4n) is 2.22. The second kappa shape index (κ2) is 4.97. The minimum atomic E-state index is -4.41. The highest BCUT2D eigenvalue weighted by Crippen LogP contribution is 2.41. The Morgan fingerprint density at radius 1 is 1.39 bits per heavy atom. The molecule has 0 aromatic heterocycles. The lowest BCUT2D eigenvalue weighted by Crippen LogP contribution is -2.11. The Kier molecular flexibility index (Phi) is 3.73. The van der Waals surface area contributed by atoms with Crippen LogP contribution < -0.4 is 10.1 Å². The van der Waals surface area contributed by atoms with E-state index in [0.29, 0.717) is 12.1 Å². The van der Waals surface area contributed by atoms with Crippen molar-refractivity contribution in [3.05, 3.63) is 28.3 Å². The quantitative estimate of drug-likeness (QED) is 0.895. The molecule has 1 N–H and O–H groups in total. The number of hydrogen-bond donors (Lipinski definition) is 1. The predicted molar refractivity (Wildman–Crippen MR) is 63.2 cm³/mol. The van der Waals surface area contributed by atoms with Gasteiger partial charge in [0.1, 0.15) is 5.75 Å². The molecule has 0 amide bonds. The molecule has 1 fully saturated rings. The number of alkyl halides is 3. The normalized spacial score (nSPS) is 20.2. The van der Waals surface area contributed by atoms with E-state index in [4.69, 9.17) is 16.3 Å². The summed E-state index contributed by atoms with van der Waals surface area (Å²) in [5.41, 5.74) is -0.115. The fraction of sp³-hybridized carbons (Fsp3) is 0.500. The van der Waals surface area contributed by atoms with Crippen LogP contribution in [0.2, 0.25) is 5.02 Å². The van der Waals surface area contributed by atoms with Gasteiger partial charge in [0, 0.05) is 23.0 Å². The monoisotopic (exact) mass is 279 g/mol. The zero-order chi connectivity index (χ0) is 13.3. The van der Waals surface area contributed by atoms with Crippen LogP contribution >= 0.6 is 11.6 Å². The Hall–Kier alpha value is -0.940. The molecule has 2 rings (SSSR count). The number of ether oxygens (including phenoxy) is 1. The summed E-state index contributed by atoms with van der Waals surface area (Å²) in [5.74, 6) is 0.318. The average Bonchev–Trinajstić information content (AvgIpc) is 2.79. The number of nitrogens with one attached hydrogen (secondary N) is 1. The first-order valence-corrected chi connectivity index (χ1v) is 5.96. The molecular weight excluding hydrogens is 267 g/mol. The first-order chi connectivity index (χ1) is 8.43. The second-order valence-electron chi connectivity index (χ2n) is 4.26. The summed E-state index contributed by atoms with van der Waals surface area (Å²) in [5, 5.41) is 3.28. The lowest BCUT2D eigenvalue weighted by molar-refractivity contribution is -0.137. The van der Waals surface area contributed by atoms with Crippen LogP contribution in [0.3, 0.4) is 0 Å². The van der Waals surface area contributed by atoms with Gasteiger partial charge in [-0.3, -0.25) is 0 Å². The fourth-order valence-corrected chi connectivity index (χ4v) is 2.59. The molecule has 2 nitrogen and oxygen atoms in total. The molecule has 1 unspecified atom stereocenters. The lowest BCUT2D eigenvalue weighted by atomic mass is 9.96. The van der Waals surface area contributed by atoms with Crippen LogP contribution in [0.5, 0.6) is 5.75 Å². The lowest BCUT2D eigenvalue weighted by Gasteiger charge is -2.18. The van der Waals surface area contributed by atoms with Gasteiger partial charge in [-0.15, -0.1) is 0 Å². The Balaban J connectivity index is 2.47. The van der Waals surface area contributed by atoms with Crippen molar-refractivity contribution in [3.63, 3.8) is 0 Å². The molecule has 1 saturated heterocycles. The minimum Gasteiger partial charge on any atom is -0.496 e. The van der Waals surface area contributed by atoms with Gasteiger partial charge in [0.15, 0.2) is 0 Å². The number of hydrogen-bond acceptors (Lipinski definition) is 2. The van der Waals surface area contributed by atoms with Crippen LogP contribution in [-0.4, -0.2) is 20.2 Å². The van der Waals surface area contributed by atoms with E-state index in [9.17, 15) is 13.2 Å². The SMILES string of the molecule is COc1cc(C(F)(F)F)cc(Cl)c1C1CCNC1. The molecule has 1 atom stereocenters. The van der Waals surface area contributed by atoms with E-state index in [2.05, 4.69) is 5.32 Å². The Morgan fingerprint density at radius 2 is 2.11 bits per heavy atom. The van der Waals surface area contributed by atoms with Crippen molar-refractivity contribution in [1.29, 1.82) is 0 Å². The largest absolute Gasteiger partial charge is 0.496 e. The van der Waals surface area contributed by atoms with E-state index in [1.54, 1.807) is 0 Å². The van der Waals surface area contributed by atoms with Gasteiger partial charge in [-0.05, 0) is 25.1 Å². The first kappa shape index (κ1) is 13.5. The highest BCUT2D eigenvalue weighted by Gasteiger charge is 2.33. The maximum Gasteiger partial charge on any atom is 0.416 e. The van der Waals surface area contributed by atoms with E-state index in [-0.39, 0.29) is 16.7 Å². The van der Waals surface area contributed by atoms with E-state index in [1.165, 1.54) is 7.11 Å². The molecule has 0 aliphatic carbocycles. The van der Waals surface area contributed by atoms with Crippen molar-refractivity contribution < 1.29 is 17.9 Å². The molecule has 6 heteroatoms. The molecule has 0 radical (unpaired) electrons. The number of halogens is 4. The van der Waals surface area contributed by atoms with E-state index in [1.807, 2.05) is 0 Å². The third-order valence-electron chi connectivity index (χ3n) is 3.11. The summed E-state index contributed by atoms with van der Waals surface area (Å²) < 4.78 is 43.1. The standard InChI is InChI=1S/C12H13ClF3NO/c1-18-10-5-8(12(14,15)16)4-9(13)11(10)7-2-3-17-6-7/h4-5,7,17H,2-3,6H2,1H3. The van der Waals surface area contributed by atoms with Gasteiger partial charge in [-0.25, -0.2) is 0 Å². The van der Waals surface area contributed by atoms with Gasteiger partial charge in [0.25, 0.3) is 0 Å². The average molecular weight is 280 g/mol. The molecule has 1 heterocycles. The van der Waals surface area contributed by atoms with Crippen LogP contribution in [0.1, 0.15) is 23.5 Å². The summed E-state index contributed by atoms with van der Waals surface area (Å²) in [4.78, 5) is 0. The van der Waals surface area contributed by atoms with Crippen molar-refractivity contribution in [1.82, 2.24) is 5.32 Å². The van der Waals surface area contributed by atoms with Crippen LogP contribution in [0, 0.1) is 0 Å². The molecule has 1 aromatic rings. The van der Waals surface area contributed by atoms with Crippen molar-refractivity contribution in [2.24, 2.45) is 0 Å². The summed E-state index contributed by atoms with van der Waals surface area (Å²) in [7, 11) is 1.36. The molecule has 0 spiro atoms. The Morgan fingerprint density at radius 3 is 2.61 bits per heavy atom. The van der Waals surface area contributed by atoms with Gasteiger partial charge >= 0.3 is 6.18 Å². The van der Waals surface area contributed by atoms with Gasteiger partial charge in [0.2, 0.25) is 0 Å². The molecule has 1 aliphatic heterocycles. The summed E-state index contributed by atoms with van der Waals surface area (Å²) in [6, 6.07) is 1.98. The highest BCUT2D eigenvalue weighted by molar-refractivity contribution is 6.31. The molecular formula is C12H13ClF3NO. The van der Waals surface area contributed by atoms with E-state index >= 15 is 0 Å². The van der Waals surface area contributed by atoms with Gasteiger partial charge in [0.05, 0.1) is 12.7 Å². The van der Waals surface area contributed by atoms with Crippen molar-refractivity contribution >= 4 is 11.6 Å². The zero-order valence-electron chi connectivity index (χ0n) is 9.77. The van der Waals surface area contributed by atoms with Gasteiger partial charge in [-0.1, -0.05) is 11.6 Å². The predicted octanol–water partition coefficient (Wildman–Crippen LogP) is 3.44. The second-order valence-corrected chi connectivity index (χ2v) is 4.67. The highest BCUT2D eigenvalue weighted by atomic mass is 35.5. The zero-order valence-corrected chi connectivity index (χ0v) is 10.5. The van der Waals surface area contributed by atoms with Crippen molar-refractivity contribution in [3.8, 4) is 5.75 Å². The number of benzene rings is 1. The molecule has 0 saturated carbocycles. The minimum absolute atomic E-state index is 0.106. The van der Waals surface area contributed by atoms with Gasteiger partial charge in [-0.2, -0.15) is 13.2 Å². The third-order valence-corrected chi connectivity index (χ3v) is 3.42. The summed E-state index contributed by atoms with van der Waals surface area (Å²) >= 11 is 5.99. The topological polar surface area (TPSA) is 21.3 Å². The van der Waals surface area contributed by atoms with Gasteiger partial charge < -0.3 is 10.1 Å². The maximum absolute atomic E-state index is 12.7. The maximum atomic E-state index is 12.7. The first-order valence-electron chi connectivity index (χ1n) is 5.59. The van der Waals surface area contributed by atoms with Crippen molar-refractivity contribution in [2.45, 2.75) is 18.5 Å². The summed E-state index contributed by atoms with van der Waals surface area (Å²) in [6.07, 6.45) is -3.56. The van der Waals surface area contributed by atoms with Crippen LogP contribution in [-0.2, 0) is 6.18 Å². The molecule has 18 heavy (non-hydrogen) atoms. The van der Waals surface area contributed by atoms with Crippen LogP contribution in [0.25, 0.3) is 0 Å². The summed E-state index contributed by atoms with van der Waals surface area (Å²) in [6.45, 7) is 1.55. The number of methoxy groups -OCH3 is 1. The smallest absolute Gasteiger partial charge is 0.416 e. The number of rotatable bonds is 2. The van der Waals surface area contributed by atoms with E-state index < -0.39 is 11.7 Å². The van der Waals surface area contributed by atoms with E-state index in [0.717, 1.165) is 25.1 Å². The molecule has 0 bridgehead atoms. The molecule has 100 valence electrons. The third kappa shape index (κ3) is 2.57. The Labute approximate surface area is 108 Å². The van der Waals surface area contributed by atoms with Crippen LogP contribution in [0.15, 0.2) is 12.1 Å².